The Kier molecular flexibility index (Phi) is 15.8. The molecule has 12 nitrogen and oxygen atoms in total. The number of nitrogens with zero attached hydrogens (tertiary/aromatic N) is 3. The zero-order chi connectivity index (χ0) is 43.5. The smallest absolute Gasteiger partial charge is 0.269 e. The fourth-order valence-corrected chi connectivity index (χ4v) is 10.4. The lowest BCUT2D eigenvalue weighted by Crippen LogP contribution is -2.70. The highest BCUT2D eigenvalue weighted by Crippen LogP contribution is 2.62. The zero-order valence-corrected chi connectivity index (χ0v) is 36.6. The van der Waals surface area contributed by atoms with Gasteiger partial charge in [0.25, 0.3) is 5.69 Å². The average molecular weight is 868 g/mol. The average Bonchev–Trinajstić information content (AvgIpc) is 4.14. The third kappa shape index (κ3) is 10.4. The van der Waals surface area contributed by atoms with Crippen LogP contribution in [0.25, 0.3) is 0 Å². The maximum Gasteiger partial charge on any atom is 0.269 e. The SMILES string of the molecule is C=CCO[C@@]12Oc3ccc(OCCSc4ccccc4)cc3[C@H]3[C@H](CCCCO)[C@@H](CCCCO)C=C(C(=NOCc4ccc([N+](=O)[O-])cc4)C[C@@H]1N(CCC)C(=O)C1CC1)[C@H]32. The van der Waals surface area contributed by atoms with E-state index < -0.39 is 22.7 Å². The van der Waals surface area contributed by atoms with E-state index in [4.69, 9.17) is 24.2 Å². The van der Waals surface area contributed by atoms with E-state index in [-0.39, 0.29) is 61.7 Å². The third-order valence-electron chi connectivity index (χ3n) is 12.6. The summed E-state index contributed by atoms with van der Waals surface area (Å²) in [6, 6.07) is 22.0. The van der Waals surface area contributed by atoms with Gasteiger partial charge in [0.1, 0.15) is 24.1 Å². The van der Waals surface area contributed by atoms with Crippen molar-refractivity contribution < 1.29 is 39.0 Å². The van der Waals surface area contributed by atoms with Crippen molar-refractivity contribution in [2.75, 3.05) is 38.7 Å². The molecule has 332 valence electrons. The molecular formula is C49H61N3O9S. The Morgan fingerprint density at radius 2 is 1.81 bits per heavy atom. The van der Waals surface area contributed by atoms with Gasteiger partial charge in [-0.3, -0.25) is 14.9 Å². The fourth-order valence-electron chi connectivity index (χ4n) is 9.70. The van der Waals surface area contributed by atoms with E-state index in [2.05, 4.69) is 37.8 Å². The molecule has 2 N–H and O–H groups in total. The fraction of sp³-hybridized carbons (Fsp3) is 0.510. The van der Waals surface area contributed by atoms with Crippen LogP contribution in [-0.2, 0) is 21.0 Å². The molecule has 0 bridgehead atoms. The summed E-state index contributed by atoms with van der Waals surface area (Å²) in [5.41, 5.74) is 3.41. The summed E-state index contributed by atoms with van der Waals surface area (Å²) in [5.74, 6) is 0.542. The second-order valence-electron chi connectivity index (χ2n) is 16.8. The molecule has 4 aliphatic rings. The molecular weight excluding hydrogens is 807 g/mol. The summed E-state index contributed by atoms with van der Waals surface area (Å²) in [5, 5.41) is 36.1. The van der Waals surface area contributed by atoms with Gasteiger partial charge in [0.05, 0.1) is 29.8 Å². The van der Waals surface area contributed by atoms with Crippen LogP contribution in [0.5, 0.6) is 11.5 Å². The summed E-state index contributed by atoms with van der Waals surface area (Å²) in [6.07, 6.45) is 11.5. The first-order valence-corrected chi connectivity index (χ1v) is 23.3. The van der Waals surface area contributed by atoms with E-state index in [0.29, 0.717) is 43.9 Å². The Bertz CT molecular complexity index is 2040. The monoisotopic (exact) mass is 867 g/mol. The van der Waals surface area contributed by atoms with E-state index in [1.54, 1.807) is 30.0 Å². The number of thioether (sulfide) groups is 1. The molecule has 0 unspecified atom stereocenters. The lowest BCUT2D eigenvalue weighted by Gasteiger charge is -2.60. The minimum Gasteiger partial charge on any atom is -0.493 e. The first-order chi connectivity index (χ1) is 30.3. The number of ether oxygens (including phenoxy) is 3. The Morgan fingerprint density at radius 1 is 1.05 bits per heavy atom. The maximum atomic E-state index is 14.5. The Morgan fingerprint density at radius 3 is 2.50 bits per heavy atom. The van der Waals surface area contributed by atoms with Crippen LogP contribution in [0, 0.1) is 33.8 Å². The number of aliphatic hydroxyl groups is 2. The van der Waals surface area contributed by atoms with E-state index in [1.165, 1.54) is 17.0 Å². The molecule has 2 saturated carbocycles. The van der Waals surface area contributed by atoms with Crippen molar-refractivity contribution in [1.29, 1.82) is 0 Å². The van der Waals surface area contributed by atoms with Gasteiger partial charge < -0.3 is 34.2 Å². The number of nitro groups is 1. The first-order valence-electron chi connectivity index (χ1n) is 22.4. The summed E-state index contributed by atoms with van der Waals surface area (Å²) < 4.78 is 20.9. The molecule has 3 aliphatic carbocycles. The number of oxime groups is 1. The number of aliphatic hydroxyl groups excluding tert-OH is 2. The number of non-ortho nitro benzene ring substituents is 1. The molecule has 62 heavy (non-hydrogen) atoms. The number of benzene rings is 3. The molecule has 0 spiro atoms. The molecule has 3 aromatic rings. The lowest BCUT2D eigenvalue weighted by molar-refractivity contribution is -0.384. The third-order valence-corrected chi connectivity index (χ3v) is 13.6. The van der Waals surface area contributed by atoms with Crippen LogP contribution >= 0.6 is 11.8 Å². The molecule has 0 saturated heterocycles. The van der Waals surface area contributed by atoms with Crippen molar-refractivity contribution in [1.82, 2.24) is 4.90 Å². The topological polar surface area (TPSA) is 153 Å². The van der Waals surface area contributed by atoms with Crippen LogP contribution in [0.3, 0.4) is 0 Å². The van der Waals surface area contributed by atoms with Crippen molar-refractivity contribution in [2.24, 2.45) is 28.8 Å². The van der Waals surface area contributed by atoms with Gasteiger partial charge in [-0.1, -0.05) is 55.3 Å². The number of amides is 1. The standard InChI is InChI=1S/C49H61N3O9S/c1-3-24-51(48(55)35-18-19-35)45-32-43(50-60-33-34-16-20-37(21-17-34)52(56)57)41-30-36(12-8-10-25-53)40(15-9-11-26-54)46-42-31-38(58-28-29-62-39-13-6-5-7-14-39)22-23-44(42)61-49(45,47(41)46)59-27-4-2/h4-7,13-14,16-17,20-23,30-31,35-36,40,45-47,53-54H,2-3,8-12,15,18-19,24-29,32-33H2,1H3/t36-,40+,45-,46+,47+,49+/m0/s1. The maximum absolute atomic E-state index is 14.5. The van der Waals surface area contributed by atoms with Crippen LogP contribution in [0.4, 0.5) is 5.69 Å². The van der Waals surface area contributed by atoms with Gasteiger partial charge in [-0.2, -0.15) is 0 Å². The predicted octanol–water partition coefficient (Wildman–Crippen LogP) is 9.25. The Labute approximate surface area is 369 Å². The molecule has 0 radical (unpaired) electrons. The highest BCUT2D eigenvalue weighted by molar-refractivity contribution is 7.99. The molecule has 1 amide bonds. The van der Waals surface area contributed by atoms with Crippen molar-refractivity contribution >= 4 is 29.1 Å². The minimum atomic E-state index is -1.31. The summed E-state index contributed by atoms with van der Waals surface area (Å²) in [7, 11) is 0. The predicted molar refractivity (Wildman–Crippen MR) is 240 cm³/mol. The number of hydrogen-bond acceptors (Lipinski definition) is 11. The Balaban J connectivity index is 1.35. The normalized spacial score (nSPS) is 24.3. The molecule has 6 atom stereocenters. The van der Waals surface area contributed by atoms with E-state index in [9.17, 15) is 25.1 Å². The second-order valence-corrected chi connectivity index (χ2v) is 18.0. The minimum absolute atomic E-state index is 0.00112. The van der Waals surface area contributed by atoms with Gasteiger partial charge in [0.2, 0.25) is 11.7 Å². The highest BCUT2D eigenvalue weighted by Gasteiger charge is 2.65. The van der Waals surface area contributed by atoms with Crippen LogP contribution in [0.2, 0.25) is 0 Å². The molecule has 3 aromatic carbocycles. The summed E-state index contributed by atoms with van der Waals surface area (Å²) >= 11 is 1.74. The quantitative estimate of drug-likeness (QED) is 0.0293. The van der Waals surface area contributed by atoms with Crippen molar-refractivity contribution in [3.8, 4) is 11.5 Å². The van der Waals surface area contributed by atoms with Crippen molar-refractivity contribution in [2.45, 2.75) is 100 Å². The number of nitro benzene ring substituents is 1. The molecule has 2 fully saturated rings. The van der Waals surface area contributed by atoms with Crippen LogP contribution < -0.4 is 9.47 Å². The van der Waals surface area contributed by atoms with Gasteiger partial charge in [-0.25, -0.2) is 0 Å². The van der Waals surface area contributed by atoms with Crippen molar-refractivity contribution in [3.05, 3.63) is 118 Å². The molecule has 1 aliphatic heterocycles. The Hall–Kier alpha value is -4.69. The first kappa shape index (κ1) is 45.3. The summed E-state index contributed by atoms with van der Waals surface area (Å²) in [6.45, 7) is 7.64. The van der Waals surface area contributed by atoms with Gasteiger partial charge in [-0.05, 0) is 110 Å². The second kappa shape index (κ2) is 21.6. The zero-order valence-electron chi connectivity index (χ0n) is 35.8. The highest BCUT2D eigenvalue weighted by atomic mass is 32.2. The van der Waals surface area contributed by atoms with Crippen molar-refractivity contribution in [3.63, 3.8) is 0 Å². The number of carbonyl (C=O) groups is 1. The van der Waals surface area contributed by atoms with Crippen LogP contribution in [0.15, 0.2) is 107 Å². The van der Waals surface area contributed by atoms with Crippen LogP contribution in [0.1, 0.15) is 88.2 Å². The molecule has 0 aromatic heterocycles. The van der Waals surface area contributed by atoms with Crippen LogP contribution in [-0.4, -0.2) is 82.2 Å². The van der Waals surface area contributed by atoms with E-state index in [1.807, 2.05) is 35.2 Å². The number of rotatable bonds is 24. The molecule has 13 heteroatoms. The van der Waals surface area contributed by atoms with Gasteiger partial charge >= 0.3 is 0 Å². The molecule has 1 heterocycles. The van der Waals surface area contributed by atoms with Gasteiger partial charge in [-0.15, -0.1) is 18.3 Å². The number of unbranched alkanes of at least 4 members (excludes halogenated alkanes) is 2. The van der Waals surface area contributed by atoms with E-state index >= 15 is 0 Å². The summed E-state index contributed by atoms with van der Waals surface area (Å²) in [4.78, 5) is 34.7. The number of hydrogen-bond donors (Lipinski definition) is 2. The van der Waals surface area contributed by atoms with Gasteiger partial charge in [0.15, 0.2) is 0 Å². The number of allylic oxidation sites excluding steroid dienone is 1. The van der Waals surface area contributed by atoms with E-state index in [0.717, 1.165) is 73.1 Å². The lowest BCUT2D eigenvalue weighted by atomic mass is 9.55. The number of carbonyl (C=O) groups excluding carboxylic acids is 1. The number of fused-ring (bicyclic) bond motifs is 2. The molecule has 7 rings (SSSR count). The largest absolute Gasteiger partial charge is 0.493 e. The van der Waals surface area contributed by atoms with Gasteiger partial charge in [0, 0.05) is 66.4 Å².